The summed E-state index contributed by atoms with van der Waals surface area (Å²) >= 11 is 0. The Bertz CT molecular complexity index is 879. The third-order valence-corrected chi connectivity index (χ3v) is 4.46. The van der Waals surface area contributed by atoms with Gasteiger partial charge in [-0.3, -0.25) is 19.0 Å². The van der Waals surface area contributed by atoms with Crippen molar-refractivity contribution in [1.82, 2.24) is 4.90 Å². The molecule has 108 valence electrons. The maximum absolute atomic E-state index is 12.3. The molecule has 1 aliphatic rings. The molecule has 3 rings (SSSR count). The van der Waals surface area contributed by atoms with Crippen LogP contribution >= 0.6 is 0 Å². The van der Waals surface area contributed by atoms with Gasteiger partial charge in [0.2, 0.25) is 0 Å². The topological polar surface area (TPSA) is 91.8 Å². The molecule has 0 saturated heterocycles. The fourth-order valence-corrected chi connectivity index (χ4v) is 3.32. The zero-order valence-corrected chi connectivity index (χ0v) is 11.8. The fraction of sp³-hybridized carbons (Fsp3) is 0.143. The first kappa shape index (κ1) is 13.7. The predicted molar refractivity (Wildman–Crippen MR) is 74.8 cm³/mol. The number of carbonyl (C=O) groups is 2. The van der Waals surface area contributed by atoms with Crippen molar-refractivity contribution in [3.05, 3.63) is 41.5 Å². The third-order valence-electron chi connectivity index (χ3n) is 3.55. The molecular formula is C14H11NO5S. The molecule has 0 fully saturated rings. The summed E-state index contributed by atoms with van der Waals surface area (Å²) in [5.41, 5.74) is 0.518. The monoisotopic (exact) mass is 305 g/mol. The number of benzene rings is 2. The molecule has 7 heteroatoms. The van der Waals surface area contributed by atoms with Crippen molar-refractivity contribution >= 4 is 32.7 Å². The number of amides is 2. The van der Waals surface area contributed by atoms with E-state index >= 15 is 0 Å². The molecule has 0 radical (unpaired) electrons. The number of nitrogens with zero attached hydrogens (tertiary/aromatic N) is 1. The van der Waals surface area contributed by atoms with Crippen LogP contribution in [0.5, 0.6) is 0 Å². The van der Waals surface area contributed by atoms with Crippen LogP contribution in [0.1, 0.15) is 27.6 Å². The van der Waals surface area contributed by atoms with Crippen molar-refractivity contribution in [3.63, 3.8) is 0 Å². The molecule has 6 nitrogen and oxygen atoms in total. The number of hydrogen-bond acceptors (Lipinski definition) is 4. The SMILES string of the molecule is CCN1C(=O)c2cccc3c(S(=O)(=O)O)ccc(c23)C1=O. The molecule has 0 aliphatic carbocycles. The van der Waals surface area contributed by atoms with Crippen LogP contribution in [0, 0.1) is 0 Å². The van der Waals surface area contributed by atoms with Crippen LogP contribution in [0.3, 0.4) is 0 Å². The zero-order chi connectivity index (χ0) is 15.4. The highest BCUT2D eigenvalue weighted by Crippen LogP contribution is 2.33. The van der Waals surface area contributed by atoms with Crippen molar-refractivity contribution in [3.8, 4) is 0 Å². The van der Waals surface area contributed by atoms with E-state index in [0.29, 0.717) is 0 Å². The van der Waals surface area contributed by atoms with Crippen LogP contribution in [0.15, 0.2) is 35.2 Å². The lowest BCUT2D eigenvalue weighted by molar-refractivity contribution is 0.0619. The van der Waals surface area contributed by atoms with Gasteiger partial charge in [-0.1, -0.05) is 12.1 Å². The molecule has 0 unspecified atom stereocenters. The van der Waals surface area contributed by atoms with Gasteiger partial charge in [-0.05, 0) is 25.1 Å². The van der Waals surface area contributed by atoms with Gasteiger partial charge in [0.1, 0.15) is 4.90 Å². The first-order valence-corrected chi connectivity index (χ1v) is 7.69. The Hall–Kier alpha value is -2.25. The molecule has 0 spiro atoms. The predicted octanol–water partition coefficient (Wildman–Crippen LogP) is 1.70. The largest absolute Gasteiger partial charge is 0.295 e. The standard InChI is InChI=1S/C14H11NO5S/c1-2-15-13(16)9-5-3-4-8-11(21(18,19)20)7-6-10(12(8)9)14(15)17/h3-7H,2H2,1H3,(H,18,19,20). The number of rotatable bonds is 2. The molecule has 1 heterocycles. The summed E-state index contributed by atoms with van der Waals surface area (Å²) in [6, 6.07) is 7.03. The number of carbonyl (C=O) groups excluding carboxylic acids is 2. The van der Waals surface area contributed by atoms with Crippen molar-refractivity contribution in [2.45, 2.75) is 11.8 Å². The molecule has 2 amide bonds. The Morgan fingerprint density at radius 2 is 1.67 bits per heavy atom. The van der Waals surface area contributed by atoms with Crippen LogP contribution in [0.25, 0.3) is 10.8 Å². The van der Waals surface area contributed by atoms with E-state index in [1.165, 1.54) is 30.3 Å². The Morgan fingerprint density at radius 3 is 2.24 bits per heavy atom. The van der Waals surface area contributed by atoms with E-state index in [1.807, 2.05) is 0 Å². The first-order valence-electron chi connectivity index (χ1n) is 6.25. The normalized spacial score (nSPS) is 14.9. The Morgan fingerprint density at radius 1 is 1.05 bits per heavy atom. The summed E-state index contributed by atoms with van der Waals surface area (Å²) in [4.78, 5) is 25.4. The van der Waals surface area contributed by atoms with Gasteiger partial charge in [-0.25, -0.2) is 0 Å². The van der Waals surface area contributed by atoms with Crippen molar-refractivity contribution < 1.29 is 22.6 Å². The summed E-state index contributed by atoms with van der Waals surface area (Å²) in [6.07, 6.45) is 0. The summed E-state index contributed by atoms with van der Waals surface area (Å²) < 4.78 is 32.2. The highest BCUT2D eigenvalue weighted by atomic mass is 32.2. The molecule has 0 aromatic heterocycles. The van der Waals surface area contributed by atoms with Gasteiger partial charge in [0.15, 0.2) is 0 Å². The second-order valence-electron chi connectivity index (χ2n) is 4.67. The summed E-state index contributed by atoms with van der Waals surface area (Å²) in [5, 5.41) is 0.442. The van der Waals surface area contributed by atoms with Crippen molar-refractivity contribution in [2.24, 2.45) is 0 Å². The highest BCUT2D eigenvalue weighted by molar-refractivity contribution is 7.86. The Balaban J connectivity index is 2.48. The molecule has 1 aliphatic heterocycles. The van der Waals surface area contributed by atoms with Gasteiger partial charge in [0, 0.05) is 28.4 Å². The van der Waals surface area contributed by atoms with Gasteiger partial charge in [0.25, 0.3) is 21.9 Å². The van der Waals surface area contributed by atoms with Crippen LogP contribution in [-0.4, -0.2) is 36.2 Å². The van der Waals surface area contributed by atoms with Gasteiger partial charge in [-0.15, -0.1) is 0 Å². The molecule has 1 N–H and O–H groups in total. The van der Waals surface area contributed by atoms with E-state index in [4.69, 9.17) is 0 Å². The average Bonchev–Trinajstić information content (AvgIpc) is 2.43. The number of hydrogen-bond donors (Lipinski definition) is 1. The van der Waals surface area contributed by atoms with Gasteiger partial charge in [0.05, 0.1) is 0 Å². The van der Waals surface area contributed by atoms with Crippen molar-refractivity contribution in [1.29, 1.82) is 0 Å². The minimum Gasteiger partial charge on any atom is -0.282 e. The van der Waals surface area contributed by atoms with E-state index in [9.17, 15) is 22.6 Å². The second-order valence-corrected chi connectivity index (χ2v) is 6.06. The van der Waals surface area contributed by atoms with Crippen LogP contribution in [-0.2, 0) is 10.1 Å². The summed E-state index contributed by atoms with van der Waals surface area (Å²) in [7, 11) is -4.44. The van der Waals surface area contributed by atoms with E-state index in [0.717, 1.165) is 4.90 Å². The van der Waals surface area contributed by atoms with Gasteiger partial charge < -0.3 is 0 Å². The summed E-state index contributed by atoms with van der Waals surface area (Å²) in [5.74, 6) is -0.929. The minimum absolute atomic E-state index is 0.171. The van der Waals surface area contributed by atoms with Crippen LogP contribution in [0.4, 0.5) is 0 Å². The molecule has 2 aromatic rings. The van der Waals surface area contributed by atoms with Crippen LogP contribution in [0.2, 0.25) is 0 Å². The molecule has 0 bridgehead atoms. The lowest BCUT2D eigenvalue weighted by atomic mass is 9.94. The Labute approximate surface area is 120 Å². The van der Waals surface area contributed by atoms with Gasteiger partial charge >= 0.3 is 0 Å². The quantitative estimate of drug-likeness (QED) is 0.673. The minimum atomic E-state index is -4.44. The van der Waals surface area contributed by atoms with E-state index < -0.39 is 21.9 Å². The lowest BCUT2D eigenvalue weighted by Crippen LogP contribution is -2.40. The van der Waals surface area contributed by atoms with Gasteiger partial charge in [-0.2, -0.15) is 8.42 Å². The van der Waals surface area contributed by atoms with E-state index in [1.54, 1.807) is 6.92 Å². The molecular weight excluding hydrogens is 294 g/mol. The van der Waals surface area contributed by atoms with E-state index in [-0.39, 0.29) is 33.3 Å². The van der Waals surface area contributed by atoms with E-state index in [2.05, 4.69) is 0 Å². The molecule has 0 saturated carbocycles. The molecule has 21 heavy (non-hydrogen) atoms. The maximum atomic E-state index is 12.3. The lowest BCUT2D eigenvalue weighted by Gasteiger charge is -2.26. The van der Waals surface area contributed by atoms with Crippen molar-refractivity contribution in [2.75, 3.05) is 6.54 Å². The smallest absolute Gasteiger partial charge is 0.282 e. The molecule has 0 atom stereocenters. The fourth-order valence-electron chi connectivity index (χ4n) is 2.63. The second kappa shape index (κ2) is 4.37. The maximum Gasteiger partial charge on any atom is 0.295 e. The molecule has 2 aromatic carbocycles. The number of imide groups is 1. The highest BCUT2D eigenvalue weighted by Gasteiger charge is 2.33. The van der Waals surface area contributed by atoms with Crippen LogP contribution < -0.4 is 0 Å². The zero-order valence-electron chi connectivity index (χ0n) is 11.0. The third kappa shape index (κ3) is 1.85. The average molecular weight is 305 g/mol. The Kier molecular flexibility index (Phi) is 2.86. The first-order chi connectivity index (χ1) is 9.86. The summed E-state index contributed by atoms with van der Waals surface area (Å²) in [6.45, 7) is 1.92.